The molecule has 218 valence electrons. The van der Waals surface area contributed by atoms with Gasteiger partial charge in [-0.25, -0.2) is 9.78 Å². The quantitative estimate of drug-likeness (QED) is 0.307. The van der Waals surface area contributed by atoms with Crippen molar-refractivity contribution in [3.05, 3.63) is 23.8 Å². The van der Waals surface area contributed by atoms with E-state index in [1.54, 1.807) is 0 Å². The van der Waals surface area contributed by atoms with Crippen molar-refractivity contribution < 1.29 is 20.0 Å². The van der Waals surface area contributed by atoms with Crippen LogP contribution in [0.3, 0.4) is 0 Å². The molecule has 1 aromatic carbocycles. The lowest BCUT2D eigenvalue weighted by atomic mass is 9.43. The molecule has 40 heavy (non-hydrogen) atoms. The van der Waals surface area contributed by atoms with Crippen LogP contribution in [0.5, 0.6) is 0 Å². The number of aliphatic hydroxyl groups is 2. The topological polar surface area (TPSA) is 62.2 Å². The molecule has 2 N–H and O–H groups in total. The summed E-state index contributed by atoms with van der Waals surface area (Å²) < 4.78 is -0.271. The van der Waals surface area contributed by atoms with E-state index < -0.39 is 16.8 Å². The number of anilines is 1. The van der Waals surface area contributed by atoms with Crippen LogP contribution in [0, 0.1) is 40.4 Å². The van der Waals surface area contributed by atoms with Crippen LogP contribution >= 0.6 is 11.8 Å². The maximum Gasteiger partial charge on any atom is 0.131 e. The number of thioether (sulfide) groups is 1. The van der Waals surface area contributed by atoms with E-state index in [9.17, 15) is 10.2 Å². The minimum absolute atomic E-state index is 0.0348. The molecule has 0 radical (unpaired) electrons. The molecule has 7 rings (SSSR count). The van der Waals surface area contributed by atoms with Crippen LogP contribution in [0.1, 0.15) is 97.0 Å². The minimum Gasteiger partial charge on any atom is -0.388 e. The highest BCUT2D eigenvalue weighted by Gasteiger charge is 2.74. The monoisotopic (exact) mass is 565 g/mol. The van der Waals surface area contributed by atoms with Gasteiger partial charge < -0.3 is 15.1 Å². The van der Waals surface area contributed by atoms with Gasteiger partial charge in [0.25, 0.3) is 0 Å². The predicted molar refractivity (Wildman–Crippen MR) is 159 cm³/mol. The molecular formula is C34H47NO4S. The molecule has 2 spiro atoms. The maximum atomic E-state index is 13.0. The highest BCUT2D eigenvalue weighted by atomic mass is 32.2. The van der Waals surface area contributed by atoms with Crippen LogP contribution in [-0.4, -0.2) is 52.5 Å². The SMILES string of the molecule is CC#C[C@]1(O)CC[C@H]2[C@@H]3CC[C@@]4(O)CC5(CC[C@@]46Sc4cc(N(C)C)ccc4[C@@H](C[C@@]21C)[C@@H]36)CC(C)(C)COO5. The Morgan fingerprint density at radius 1 is 1.02 bits per heavy atom. The second-order valence-electron chi connectivity index (χ2n) is 15.5. The van der Waals surface area contributed by atoms with Gasteiger partial charge in [0.2, 0.25) is 0 Å². The third kappa shape index (κ3) is 3.57. The van der Waals surface area contributed by atoms with Gasteiger partial charge in [0.05, 0.1) is 17.0 Å². The Morgan fingerprint density at radius 3 is 2.55 bits per heavy atom. The predicted octanol–water partition coefficient (Wildman–Crippen LogP) is 6.31. The molecule has 1 aromatic rings. The fourth-order valence-corrected chi connectivity index (χ4v) is 12.8. The van der Waals surface area contributed by atoms with Gasteiger partial charge >= 0.3 is 0 Å². The van der Waals surface area contributed by atoms with Crippen LogP contribution in [-0.2, 0) is 9.78 Å². The molecule has 2 heterocycles. The first-order valence-electron chi connectivity index (χ1n) is 15.5. The molecule has 0 bridgehead atoms. The highest BCUT2D eigenvalue weighted by molar-refractivity contribution is 8.01. The van der Waals surface area contributed by atoms with Crippen LogP contribution in [0.4, 0.5) is 5.69 Å². The molecule has 6 aliphatic rings. The molecule has 4 saturated carbocycles. The largest absolute Gasteiger partial charge is 0.388 e. The lowest BCUT2D eigenvalue weighted by molar-refractivity contribution is -0.419. The Kier molecular flexibility index (Phi) is 5.98. The zero-order chi connectivity index (χ0) is 28.3. The van der Waals surface area contributed by atoms with Gasteiger partial charge in [-0.3, -0.25) is 0 Å². The summed E-state index contributed by atoms with van der Waals surface area (Å²) >= 11 is 1.99. The second-order valence-corrected chi connectivity index (χ2v) is 16.9. The molecule has 5 fully saturated rings. The molecule has 9 atom stereocenters. The van der Waals surface area contributed by atoms with Gasteiger partial charge in [0, 0.05) is 36.5 Å². The number of benzene rings is 1. The van der Waals surface area contributed by atoms with Gasteiger partial charge in [-0.15, -0.1) is 17.7 Å². The number of fused-ring (bicyclic) bond motifs is 4. The zero-order valence-corrected chi connectivity index (χ0v) is 26.0. The summed E-state index contributed by atoms with van der Waals surface area (Å²) in [6.07, 6.45) is 7.90. The summed E-state index contributed by atoms with van der Waals surface area (Å²) in [7, 11) is 4.20. The van der Waals surface area contributed by atoms with Crippen LogP contribution < -0.4 is 4.90 Å². The summed E-state index contributed by atoms with van der Waals surface area (Å²) in [5.41, 5.74) is 0.197. The molecule has 4 aliphatic carbocycles. The summed E-state index contributed by atoms with van der Waals surface area (Å²) in [6, 6.07) is 6.96. The van der Waals surface area contributed by atoms with Gasteiger partial charge in [-0.1, -0.05) is 32.8 Å². The average molecular weight is 566 g/mol. The van der Waals surface area contributed by atoms with E-state index in [0.717, 1.165) is 51.4 Å². The van der Waals surface area contributed by atoms with Gasteiger partial charge in [0.1, 0.15) is 11.2 Å². The Hall–Kier alpha value is -1.23. The smallest absolute Gasteiger partial charge is 0.131 e. The Morgan fingerprint density at radius 2 is 1.82 bits per heavy atom. The van der Waals surface area contributed by atoms with Crippen molar-refractivity contribution in [3.63, 3.8) is 0 Å². The molecule has 2 aliphatic heterocycles. The molecule has 0 aromatic heterocycles. The fourth-order valence-electron chi connectivity index (χ4n) is 10.9. The number of hydrogen-bond acceptors (Lipinski definition) is 6. The lowest BCUT2D eigenvalue weighted by Crippen LogP contribution is -2.72. The van der Waals surface area contributed by atoms with Crippen molar-refractivity contribution in [1.29, 1.82) is 0 Å². The van der Waals surface area contributed by atoms with Crippen LogP contribution in [0.2, 0.25) is 0 Å². The van der Waals surface area contributed by atoms with Crippen molar-refractivity contribution >= 4 is 17.4 Å². The molecule has 6 heteroatoms. The number of hydrogen-bond donors (Lipinski definition) is 2. The molecule has 0 amide bonds. The molecule has 1 saturated heterocycles. The van der Waals surface area contributed by atoms with Crippen LogP contribution in [0.25, 0.3) is 0 Å². The van der Waals surface area contributed by atoms with E-state index in [2.05, 4.69) is 69.8 Å². The Balaban J connectivity index is 1.37. The van der Waals surface area contributed by atoms with Crippen molar-refractivity contribution in [2.24, 2.45) is 28.6 Å². The normalized spacial score (nSPS) is 48.2. The summed E-state index contributed by atoms with van der Waals surface area (Å²) in [5.74, 6) is 7.95. The Bertz CT molecular complexity index is 1290. The van der Waals surface area contributed by atoms with E-state index in [-0.39, 0.29) is 15.6 Å². The van der Waals surface area contributed by atoms with E-state index >= 15 is 0 Å². The number of nitrogens with zero attached hydrogens (tertiary/aromatic N) is 1. The molecular weight excluding hydrogens is 518 g/mol. The molecule has 1 unspecified atom stereocenters. The van der Waals surface area contributed by atoms with Crippen molar-refractivity contribution in [2.75, 3.05) is 25.6 Å². The molecule has 5 nitrogen and oxygen atoms in total. The summed E-state index contributed by atoms with van der Waals surface area (Å²) in [5, 5.41) is 25.0. The van der Waals surface area contributed by atoms with Crippen molar-refractivity contribution in [2.45, 2.75) is 118 Å². The standard InChI is InChI=1S/C34H47NO4S/c1-7-12-32(36)14-11-26-24-10-13-33(37)20-31(19-29(2,3)21-38-39-31)15-16-34(33)28(24)25(18-30(26,32)4)23-9-8-22(35(5)6)17-27(23)40-34/h8-9,17,24-26,28,36-37H,10-11,13-16,18-21H2,1-6H3/t24-,25+,26-,28+,30-,31?,32-,33+,34-/m0/s1. The first-order chi connectivity index (χ1) is 18.8. The van der Waals surface area contributed by atoms with E-state index in [1.807, 2.05) is 18.7 Å². The van der Waals surface area contributed by atoms with E-state index in [1.165, 1.54) is 16.1 Å². The minimum atomic E-state index is -0.942. The highest BCUT2D eigenvalue weighted by Crippen LogP contribution is 2.76. The maximum absolute atomic E-state index is 13.0. The van der Waals surface area contributed by atoms with Gasteiger partial charge in [-0.05, 0) is 105 Å². The summed E-state index contributed by atoms with van der Waals surface area (Å²) in [6.45, 7) is 9.32. The average Bonchev–Trinajstić information content (AvgIpc) is 3.13. The van der Waals surface area contributed by atoms with Crippen molar-refractivity contribution in [3.8, 4) is 11.8 Å². The zero-order valence-electron chi connectivity index (χ0n) is 25.2. The lowest BCUT2D eigenvalue weighted by Gasteiger charge is -2.69. The van der Waals surface area contributed by atoms with E-state index in [4.69, 9.17) is 9.78 Å². The first-order valence-corrected chi connectivity index (χ1v) is 16.3. The van der Waals surface area contributed by atoms with Crippen LogP contribution in [0.15, 0.2) is 23.1 Å². The third-order valence-electron chi connectivity index (χ3n) is 12.4. The van der Waals surface area contributed by atoms with E-state index in [0.29, 0.717) is 36.7 Å². The third-order valence-corrected chi connectivity index (χ3v) is 14.2. The van der Waals surface area contributed by atoms with Gasteiger partial charge in [-0.2, -0.15) is 0 Å². The summed E-state index contributed by atoms with van der Waals surface area (Å²) in [4.78, 5) is 15.4. The second kappa shape index (κ2) is 8.66. The Labute approximate surface area is 244 Å². The van der Waals surface area contributed by atoms with Gasteiger partial charge in [0.15, 0.2) is 0 Å². The van der Waals surface area contributed by atoms with Crippen molar-refractivity contribution in [1.82, 2.24) is 0 Å². The fraction of sp³-hybridized carbons (Fsp3) is 0.765. The first kappa shape index (κ1) is 27.6. The number of rotatable bonds is 1.